The third-order valence-electron chi connectivity index (χ3n) is 5.26. The summed E-state index contributed by atoms with van der Waals surface area (Å²) in [7, 11) is 3.30. The Balaban J connectivity index is 1.49. The Morgan fingerprint density at radius 1 is 1.03 bits per heavy atom. The molecule has 0 saturated heterocycles. The number of rotatable bonds is 8. The molecular weight excluding hydrogens is 390 g/mol. The van der Waals surface area contributed by atoms with Crippen molar-refractivity contribution in [3.8, 4) is 22.6 Å². The lowest BCUT2D eigenvalue weighted by Gasteiger charge is -2.12. The van der Waals surface area contributed by atoms with Crippen LogP contribution in [0.1, 0.15) is 12.0 Å². The predicted molar refractivity (Wildman–Crippen MR) is 121 cm³/mol. The Kier molecular flexibility index (Phi) is 6.17. The van der Waals surface area contributed by atoms with Gasteiger partial charge in [-0.2, -0.15) is 5.10 Å². The highest BCUT2D eigenvalue weighted by atomic mass is 16.5. The fourth-order valence-corrected chi connectivity index (χ4v) is 3.53. The van der Waals surface area contributed by atoms with Gasteiger partial charge in [0.2, 0.25) is 5.91 Å². The molecule has 1 heterocycles. The van der Waals surface area contributed by atoms with Crippen LogP contribution in [0.2, 0.25) is 0 Å². The van der Waals surface area contributed by atoms with Crippen LogP contribution < -0.4 is 14.8 Å². The molecule has 1 N–H and O–H groups in total. The fraction of sp³-hybridized carbons (Fsp3) is 0.200. The maximum Gasteiger partial charge on any atom is 0.221 e. The number of amides is 1. The molecule has 4 rings (SSSR count). The fourth-order valence-electron chi connectivity index (χ4n) is 3.53. The first kappa shape index (κ1) is 20.5. The van der Waals surface area contributed by atoms with Crippen molar-refractivity contribution in [2.75, 3.05) is 14.2 Å². The number of hydrogen-bond acceptors (Lipinski definition) is 4. The summed E-state index contributed by atoms with van der Waals surface area (Å²) < 4.78 is 13.2. The summed E-state index contributed by atoms with van der Waals surface area (Å²) in [6, 6.07) is 22.2. The zero-order valence-electron chi connectivity index (χ0n) is 17.7. The number of ether oxygens (including phenoxy) is 2. The minimum atomic E-state index is -0.000807. The average molecular weight is 415 g/mol. The second-order valence-corrected chi connectivity index (χ2v) is 7.19. The second-order valence-electron chi connectivity index (χ2n) is 7.19. The van der Waals surface area contributed by atoms with Gasteiger partial charge in [0.05, 0.1) is 25.4 Å². The standard InChI is InChI=1S/C25H25N3O3/c1-26-25(29)13-14-28-24-12-11-22(15-20(24)16-27-28)31-17-19-5-3-4-6-23(19)18-7-9-21(30-2)10-8-18/h3-12,15-16H,13-14,17H2,1-2H3,(H,26,29). The molecule has 0 aliphatic heterocycles. The molecule has 0 aliphatic carbocycles. The minimum absolute atomic E-state index is 0.000807. The molecule has 0 aliphatic rings. The van der Waals surface area contributed by atoms with E-state index >= 15 is 0 Å². The van der Waals surface area contributed by atoms with E-state index in [4.69, 9.17) is 9.47 Å². The van der Waals surface area contributed by atoms with Crippen molar-refractivity contribution < 1.29 is 14.3 Å². The Bertz CT molecular complexity index is 1180. The van der Waals surface area contributed by atoms with Crippen LogP contribution in [0.25, 0.3) is 22.0 Å². The molecule has 1 aromatic heterocycles. The van der Waals surface area contributed by atoms with Gasteiger partial charge in [-0.05, 0) is 47.0 Å². The van der Waals surface area contributed by atoms with Crippen LogP contribution in [0.3, 0.4) is 0 Å². The van der Waals surface area contributed by atoms with Crippen LogP contribution in [0, 0.1) is 0 Å². The maximum absolute atomic E-state index is 11.5. The van der Waals surface area contributed by atoms with Crippen LogP contribution in [0.5, 0.6) is 11.5 Å². The summed E-state index contributed by atoms with van der Waals surface area (Å²) in [6.07, 6.45) is 2.20. The van der Waals surface area contributed by atoms with Crippen LogP contribution in [0.4, 0.5) is 0 Å². The Morgan fingerprint density at radius 3 is 2.58 bits per heavy atom. The highest BCUT2D eigenvalue weighted by molar-refractivity contribution is 5.80. The Labute approximate surface area is 181 Å². The van der Waals surface area contributed by atoms with Gasteiger partial charge in [0.25, 0.3) is 0 Å². The number of hydrogen-bond donors (Lipinski definition) is 1. The monoisotopic (exact) mass is 415 g/mol. The molecule has 0 bridgehead atoms. The van der Waals surface area contributed by atoms with E-state index in [-0.39, 0.29) is 5.91 Å². The third-order valence-corrected chi connectivity index (χ3v) is 5.26. The van der Waals surface area contributed by atoms with Crippen molar-refractivity contribution in [2.45, 2.75) is 19.6 Å². The largest absolute Gasteiger partial charge is 0.497 e. The van der Waals surface area contributed by atoms with Crippen molar-refractivity contribution in [1.29, 1.82) is 0 Å². The average Bonchev–Trinajstić information content (AvgIpc) is 3.23. The van der Waals surface area contributed by atoms with Gasteiger partial charge >= 0.3 is 0 Å². The van der Waals surface area contributed by atoms with E-state index in [0.717, 1.165) is 39.1 Å². The lowest BCUT2D eigenvalue weighted by Crippen LogP contribution is -2.19. The lowest BCUT2D eigenvalue weighted by molar-refractivity contribution is -0.120. The normalized spacial score (nSPS) is 10.8. The second kappa shape index (κ2) is 9.34. The van der Waals surface area contributed by atoms with E-state index in [1.54, 1.807) is 20.4 Å². The summed E-state index contributed by atoms with van der Waals surface area (Å²) in [5.74, 6) is 1.61. The number of nitrogens with one attached hydrogen (secondary N) is 1. The summed E-state index contributed by atoms with van der Waals surface area (Å²) >= 11 is 0. The maximum atomic E-state index is 11.5. The molecule has 3 aromatic carbocycles. The molecule has 0 unspecified atom stereocenters. The molecule has 6 heteroatoms. The van der Waals surface area contributed by atoms with E-state index in [9.17, 15) is 4.79 Å². The van der Waals surface area contributed by atoms with Crippen LogP contribution in [-0.4, -0.2) is 29.8 Å². The van der Waals surface area contributed by atoms with Crippen molar-refractivity contribution in [2.24, 2.45) is 0 Å². The van der Waals surface area contributed by atoms with E-state index < -0.39 is 0 Å². The van der Waals surface area contributed by atoms with Crippen LogP contribution in [-0.2, 0) is 17.9 Å². The van der Waals surface area contributed by atoms with E-state index in [2.05, 4.69) is 34.7 Å². The zero-order chi connectivity index (χ0) is 21.6. The zero-order valence-corrected chi connectivity index (χ0v) is 17.7. The molecule has 6 nitrogen and oxygen atoms in total. The molecule has 0 spiro atoms. The highest BCUT2D eigenvalue weighted by Gasteiger charge is 2.09. The first-order chi connectivity index (χ1) is 15.2. The number of aryl methyl sites for hydroxylation is 1. The lowest BCUT2D eigenvalue weighted by atomic mass is 10.00. The van der Waals surface area contributed by atoms with Crippen molar-refractivity contribution in [3.05, 3.63) is 78.5 Å². The molecule has 0 saturated carbocycles. The number of benzene rings is 3. The number of aromatic nitrogens is 2. The molecule has 158 valence electrons. The van der Waals surface area contributed by atoms with Gasteiger partial charge in [0.1, 0.15) is 18.1 Å². The van der Waals surface area contributed by atoms with E-state index in [1.807, 2.05) is 47.1 Å². The topological polar surface area (TPSA) is 65.4 Å². The van der Waals surface area contributed by atoms with Gasteiger partial charge in [-0.15, -0.1) is 0 Å². The molecular formula is C25H25N3O3. The van der Waals surface area contributed by atoms with Gasteiger partial charge in [-0.25, -0.2) is 0 Å². The summed E-state index contributed by atoms with van der Waals surface area (Å²) in [4.78, 5) is 11.5. The molecule has 31 heavy (non-hydrogen) atoms. The molecule has 0 atom stereocenters. The van der Waals surface area contributed by atoms with E-state index in [0.29, 0.717) is 19.6 Å². The smallest absolute Gasteiger partial charge is 0.221 e. The van der Waals surface area contributed by atoms with E-state index in [1.165, 1.54) is 0 Å². The number of carbonyl (C=O) groups is 1. The molecule has 4 aromatic rings. The van der Waals surface area contributed by atoms with Gasteiger partial charge in [0, 0.05) is 18.9 Å². The van der Waals surface area contributed by atoms with Gasteiger partial charge < -0.3 is 14.8 Å². The first-order valence-electron chi connectivity index (χ1n) is 10.2. The van der Waals surface area contributed by atoms with Crippen molar-refractivity contribution in [1.82, 2.24) is 15.1 Å². The quantitative estimate of drug-likeness (QED) is 0.462. The summed E-state index contributed by atoms with van der Waals surface area (Å²) in [5, 5.41) is 8.02. The Hall–Kier alpha value is -3.80. The molecule has 0 radical (unpaired) electrons. The first-order valence-corrected chi connectivity index (χ1v) is 10.2. The molecule has 0 fully saturated rings. The van der Waals surface area contributed by atoms with Gasteiger partial charge in [0.15, 0.2) is 0 Å². The van der Waals surface area contributed by atoms with Crippen LogP contribution >= 0.6 is 0 Å². The summed E-state index contributed by atoms with van der Waals surface area (Å²) in [5.41, 5.74) is 4.34. The van der Waals surface area contributed by atoms with Crippen LogP contribution in [0.15, 0.2) is 72.9 Å². The van der Waals surface area contributed by atoms with Gasteiger partial charge in [-0.1, -0.05) is 36.4 Å². The number of methoxy groups -OCH3 is 1. The van der Waals surface area contributed by atoms with Gasteiger partial charge in [-0.3, -0.25) is 9.48 Å². The Morgan fingerprint density at radius 2 is 1.81 bits per heavy atom. The predicted octanol–water partition coefficient (Wildman–Crippen LogP) is 4.43. The number of fused-ring (bicyclic) bond motifs is 1. The third kappa shape index (κ3) is 4.69. The summed E-state index contributed by atoms with van der Waals surface area (Å²) in [6.45, 7) is 0.997. The number of carbonyl (C=O) groups excluding carboxylic acids is 1. The molecule has 1 amide bonds. The number of nitrogens with zero attached hydrogens (tertiary/aromatic N) is 2. The SMILES string of the molecule is CNC(=O)CCn1ncc2cc(OCc3ccccc3-c3ccc(OC)cc3)ccc21. The highest BCUT2D eigenvalue weighted by Crippen LogP contribution is 2.28. The minimum Gasteiger partial charge on any atom is -0.497 e. The van der Waals surface area contributed by atoms with Crippen molar-refractivity contribution >= 4 is 16.8 Å². The van der Waals surface area contributed by atoms with Crippen molar-refractivity contribution in [3.63, 3.8) is 0 Å².